The van der Waals surface area contributed by atoms with Crippen molar-refractivity contribution in [3.63, 3.8) is 0 Å². The van der Waals surface area contributed by atoms with Crippen LogP contribution in [-0.2, 0) is 8.78 Å². The van der Waals surface area contributed by atoms with E-state index in [1.807, 2.05) is 0 Å². The minimum atomic E-state index is -2.83. The molecule has 0 bridgehead atoms. The van der Waals surface area contributed by atoms with E-state index in [4.69, 9.17) is 0 Å². The van der Waals surface area contributed by atoms with Crippen LogP contribution in [-0.4, -0.2) is 0 Å². The molecule has 0 amide bonds. The van der Waals surface area contributed by atoms with Crippen LogP contribution in [0.3, 0.4) is 0 Å². The Kier molecular flexibility index (Phi) is 2.67. The number of hydrogen-bond donors (Lipinski definition) is 0. The Morgan fingerprint density at radius 2 is 0.800 bits per heavy atom. The summed E-state index contributed by atoms with van der Waals surface area (Å²) in [6, 6.07) is 0. The fourth-order valence-electron chi connectivity index (χ4n) is 0. The molecular weight excluding hydrogens is 312 g/mol. The molecule has 0 atom stereocenters. The van der Waals surface area contributed by atoms with E-state index in [1.54, 1.807) is 0 Å². The first kappa shape index (κ1) is 6.57. The van der Waals surface area contributed by atoms with Gasteiger partial charge in [0.25, 0.3) is 0 Å². The van der Waals surface area contributed by atoms with Crippen molar-refractivity contribution in [2.24, 2.45) is 0 Å². The van der Waals surface area contributed by atoms with E-state index < -0.39 is 8.78 Å². The van der Waals surface area contributed by atoms with Gasteiger partial charge in [-0.25, -0.2) is 0 Å². The molecule has 0 heterocycles. The van der Waals surface area contributed by atoms with E-state index in [0.717, 1.165) is 0 Å². The molecular formula is S4W. The van der Waals surface area contributed by atoms with E-state index >= 15 is 0 Å². The predicted molar refractivity (Wildman–Crippen MR) is 30.4 cm³/mol. The van der Waals surface area contributed by atoms with Gasteiger partial charge in [-0.1, -0.05) is 0 Å². The summed E-state index contributed by atoms with van der Waals surface area (Å²) in [7, 11) is 15.1. The Bertz CT molecular complexity index is 155. The van der Waals surface area contributed by atoms with E-state index in [9.17, 15) is 0 Å². The molecule has 0 radical (unpaired) electrons. The SMILES string of the molecule is [S]=[W](=[S])(=[S])=[S]. The van der Waals surface area contributed by atoms with Crippen molar-refractivity contribution < 1.29 is 8.78 Å². The normalized spacial score (nSPS) is 8.00. The maximum absolute atomic E-state index is 4.48. The number of hydrogen-bond acceptors (Lipinski definition) is 4. The Balaban J connectivity index is 6.05. The van der Waals surface area contributed by atoms with Gasteiger partial charge in [0.15, 0.2) is 0 Å². The van der Waals surface area contributed by atoms with Crippen molar-refractivity contribution in [3.8, 4) is 0 Å². The van der Waals surface area contributed by atoms with Crippen molar-refractivity contribution in [1.29, 1.82) is 0 Å². The molecule has 0 fully saturated rings. The molecule has 0 N–H and O–H groups in total. The summed E-state index contributed by atoms with van der Waals surface area (Å²) in [5.74, 6) is 0. The first-order valence-corrected chi connectivity index (χ1v) is 16.4. The average molecular weight is 312 g/mol. The molecule has 0 aromatic heterocycles. The third-order valence-electron chi connectivity index (χ3n) is 0. The van der Waals surface area contributed by atoms with Crippen LogP contribution in [0.25, 0.3) is 0 Å². The standard InChI is InChI=1S/4S.W. The van der Waals surface area contributed by atoms with Gasteiger partial charge >= 0.3 is 48.1 Å². The van der Waals surface area contributed by atoms with Crippen molar-refractivity contribution >= 4 is 39.3 Å². The molecule has 0 aliphatic heterocycles. The molecule has 0 nitrogen and oxygen atoms in total. The Morgan fingerprint density at radius 3 is 0.800 bits per heavy atom. The molecule has 0 spiro atoms. The first-order valence-electron chi connectivity index (χ1n) is 0.667. The van der Waals surface area contributed by atoms with Crippen LogP contribution in [0.2, 0.25) is 0 Å². The molecule has 0 aliphatic carbocycles. The van der Waals surface area contributed by atoms with Crippen LogP contribution in [0.4, 0.5) is 0 Å². The summed E-state index contributed by atoms with van der Waals surface area (Å²) in [5, 5.41) is 0. The Hall–Kier alpha value is 1.57. The van der Waals surface area contributed by atoms with Crippen molar-refractivity contribution in [2.45, 2.75) is 0 Å². The van der Waals surface area contributed by atoms with Crippen molar-refractivity contribution in [3.05, 3.63) is 0 Å². The number of rotatable bonds is 0. The Labute approximate surface area is 47.5 Å². The summed E-state index contributed by atoms with van der Waals surface area (Å²) in [5.41, 5.74) is 0. The summed E-state index contributed by atoms with van der Waals surface area (Å²) in [6.45, 7) is 0. The second-order valence-corrected chi connectivity index (χ2v) is 30.1. The van der Waals surface area contributed by atoms with Crippen LogP contribution < -0.4 is 0 Å². The first-order chi connectivity index (χ1) is 2.00. The second kappa shape index (κ2) is 2.03. The van der Waals surface area contributed by atoms with E-state index in [2.05, 4.69) is 39.3 Å². The fraction of sp³-hybridized carbons (Fsp3) is 0. The summed E-state index contributed by atoms with van der Waals surface area (Å²) in [6.07, 6.45) is 0. The predicted octanol–water partition coefficient (Wildman–Crippen LogP) is 2.59. The summed E-state index contributed by atoms with van der Waals surface area (Å²) >= 11 is 0. The van der Waals surface area contributed by atoms with Gasteiger partial charge in [-0.2, -0.15) is 0 Å². The van der Waals surface area contributed by atoms with Gasteiger partial charge in [-0.3, -0.25) is 0 Å². The zero-order valence-electron chi connectivity index (χ0n) is 2.04. The Morgan fingerprint density at radius 1 is 0.800 bits per heavy atom. The summed E-state index contributed by atoms with van der Waals surface area (Å²) in [4.78, 5) is 0. The minimum absolute atomic E-state index is 2.83. The molecule has 0 aromatic rings. The van der Waals surface area contributed by atoms with Crippen LogP contribution in [0, 0.1) is 0 Å². The average Bonchev–Trinajstić information content (AvgIpc) is 0.722. The van der Waals surface area contributed by atoms with Crippen LogP contribution in [0.15, 0.2) is 0 Å². The molecule has 30 valence electrons. The van der Waals surface area contributed by atoms with Crippen molar-refractivity contribution in [1.82, 2.24) is 0 Å². The van der Waals surface area contributed by atoms with Gasteiger partial charge in [0, 0.05) is 0 Å². The van der Waals surface area contributed by atoms with Gasteiger partial charge in [-0.15, -0.1) is 0 Å². The van der Waals surface area contributed by atoms with Crippen molar-refractivity contribution in [2.75, 3.05) is 0 Å². The zero-order chi connectivity index (χ0) is 4.50. The molecule has 0 aromatic carbocycles. The quantitative estimate of drug-likeness (QED) is 0.674. The van der Waals surface area contributed by atoms with E-state index in [-0.39, 0.29) is 0 Å². The zero-order valence-corrected chi connectivity index (χ0v) is 8.24. The van der Waals surface area contributed by atoms with E-state index in [0.29, 0.717) is 0 Å². The molecule has 0 rings (SSSR count). The molecule has 5 heteroatoms. The molecule has 0 saturated heterocycles. The van der Waals surface area contributed by atoms with Gasteiger partial charge in [-0.05, 0) is 0 Å². The van der Waals surface area contributed by atoms with E-state index in [1.165, 1.54) is 0 Å². The van der Waals surface area contributed by atoms with Gasteiger partial charge < -0.3 is 0 Å². The summed E-state index contributed by atoms with van der Waals surface area (Å²) < 4.78 is 0. The molecule has 0 unspecified atom stereocenters. The van der Waals surface area contributed by atoms with Gasteiger partial charge in [0.05, 0.1) is 0 Å². The molecule has 0 saturated carbocycles. The van der Waals surface area contributed by atoms with Crippen LogP contribution in [0.5, 0.6) is 0 Å². The third-order valence-corrected chi connectivity index (χ3v) is 0. The van der Waals surface area contributed by atoms with Crippen LogP contribution >= 0.6 is 39.3 Å². The van der Waals surface area contributed by atoms with Gasteiger partial charge in [0.1, 0.15) is 0 Å². The topological polar surface area (TPSA) is 0 Å². The molecule has 0 aliphatic rings. The molecule has 5 heavy (non-hydrogen) atoms. The van der Waals surface area contributed by atoms with Crippen LogP contribution in [0.1, 0.15) is 0 Å². The van der Waals surface area contributed by atoms with Gasteiger partial charge in [0.2, 0.25) is 0 Å². The monoisotopic (exact) mass is 312 g/mol. The second-order valence-electron chi connectivity index (χ2n) is 0.408. The fourth-order valence-corrected chi connectivity index (χ4v) is 0. The maximum atomic E-state index is 4.48. The third kappa shape index (κ3) is 28.8.